The first kappa shape index (κ1) is 16.3. The summed E-state index contributed by atoms with van der Waals surface area (Å²) in [6.45, 7) is 8.22. The molecule has 25 heavy (non-hydrogen) atoms. The molecule has 0 aliphatic carbocycles. The van der Waals surface area contributed by atoms with Crippen molar-refractivity contribution in [3.8, 4) is 11.1 Å². The van der Waals surface area contributed by atoms with E-state index in [1.165, 1.54) is 11.1 Å². The Morgan fingerprint density at radius 1 is 0.760 bits per heavy atom. The average Bonchev–Trinajstić information content (AvgIpc) is 2.82. The molecule has 4 heteroatoms. The third-order valence-electron chi connectivity index (χ3n) is 5.34. The van der Waals surface area contributed by atoms with Gasteiger partial charge >= 0.3 is 7.12 Å². The Hall–Kier alpha value is -2.17. The van der Waals surface area contributed by atoms with Crippen LogP contribution in [0.5, 0.6) is 0 Å². The van der Waals surface area contributed by atoms with Crippen molar-refractivity contribution in [3.05, 3.63) is 60.8 Å². The fourth-order valence-electron chi connectivity index (χ4n) is 3.06. The molecule has 2 aromatic carbocycles. The Kier molecular flexibility index (Phi) is 3.71. The molecule has 0 radical (unpaired) electrons. The minimum absolute atomic E-state index is 0.356. The second-order valence-corrected chi connectivity index (χ2v) is 7.63. The Morgan fingerprint density at radius 3 is 2.12 bits per heavy atom. The Balaban J connectivity index is 1.68. The summed E-state index contributed by atoms with van der Waals surface area (Å²) >= 11 is 0. The zero-order valence-corrected chi connectivity index (χ0v) is 15.1. The normalized spacial score (nSPS) is 18.6. The Labute approximate surface area is 149 Å². The fourth-order valence-corrected chi connectivity index (χ4v) is 3.06. The van der Waals surface area contributed by atoms with Crippen LogP contribution in [0.3, 0.4) is 0 Å². The topological polar surface area (TPSA) is 31.4 Å². The molecule has 1 saturated heterocycles. The van der Waals surface area contributed by atoms with E-state index < -0.39 is 7.12 Å². The standard InChI is InChI=1S/C21H22BNO2/c1-20(2)21(3,4)25-22(24-20)19-13-17-11-10-16(12-18(17)14-23-19)15-8-6-5-7-9-15/h5-14H,1-4H3. The van der Waals surface area contributed by atoms with Gasteiger partial charge in [-0.15, -0.1) is 0 Å². The largest absolute Gasteiger partial charge is 0.514 e. The van der Waals surface area contributed by atoms with Crippen molar-refractivity contribution in [2.24, 2.45) is 0 Å². The first-order valence-corrected chi connectivity index (χ1v) is 8.66. The number of nitrogens with zero attached hydrogens (tertiary/aromatic N) is 1. The van der Waals surface area contributed by atoms with Gasteiger partial charge in [0, 0.05) is 11.6 Å². The molecule has 0 bridgehead atoms. The third-order valence-corrected chi connectivity index (χ3v) is 5.34. The molecule has 4 rings (SSSR count). The molecule has 3 nitrogen and oxygen atoms in total. The Morgan fingerprint density at radius 2 is 1.44 bits per heavy atom. The summed E-state index contributed by atoms with van der Waals surface area (Å²) < 4.78 is 12.2. The van der Waals surface area contributed by atoms with E-state index in [2.05, 4.69) is 81.2 Å². The van der Waals surface area contributed by atoms with Gasteiger partial charge in [0.1, 0.15) is 0 Å². The van der Waals surface area contributed by atoms with Gasteiger partial charge in [0.25, 0.3) is 0 Å². The summed E-state index contributed by atoms with van der Waals surface area (Å²) in [6, 6.07) is 18.9. The van der Waals surface area contributed by atoms with Crippen LogP contribution in [0.2, 0.25) is 0 Å². The predicted octanol–water partition coefficient (Wildman–Crippen LogP) is 4.20. The second kappa shape index (κ2) is 5.68. The first-order valence-electron chi connectivity index (χ1n) is 8.66. The third kappa shape index (κ3) is 2.86. The SMILES string of the molecule is CC1(C)OB(c2cc3ccc(-c4ccccc4)cc3cn2)OC1(C)C. The molecule has 0 unspecified atom stereocenters. The summed E-state index contributed by atoms with van der Waals surface area (Å²) in [4.78, 5) is 4.60. The number of fused-ring (bicyclic) bond motifs is 1. The van der Waals surface area contributed by atoms with Gasteiger partial charge in [0.2, 0.25) is 0 Å². The predicted molar refractivity (Wildman–Crippen MR) is 103 cm³/mol. The van der Waals surface area contributed by atoms with E-state index in [4.69, 9.17) is 9.31 Å². The van der Waals surface area contributed by atoms with E-state index >= 15 is 0 Å². The number of hydrogen-bond acceptors (Lipinski definition) is 3. The highest BCUT2D eigenvalue weighted by atomic mass is 16.7. The van der Waals surface area contributed by atoms with Gasteiger partial charge in [0.15, 0.2) is 0 Å². The summed E-state index contributed by atoms with van der Waals surface area (Å²) in [5.41, 5.74) is 2.51. The summed E-state index contributed by atoms with van der Waals surface area (Å²) in [7, 11) is -0.428. The van der Waals surface area contributed by atoms with Crippen molar-refractivity contribution in [2.75, 3.05) is 0 Å². The molecule has 126 valence electrons. The van der Waals surface area contributed by atoms with Crippen molar-refractivity contribution in [3.63, 3.8) is 0 Å². The highest BCUT2D eigenvalue weighted by Gasteiger charge is 2.52. The molecule has 0 atom stereocenters. The van der Waals surface area contributed by atoms with Crippen LogP contribution < -0.4 is 5.59 Å². The smallest absolute Gasteiger partial charge is 0.398 e. The lowest BCUT2D eigenvalue weighted by Gasteiger charge is -2.32. The van der Waals surface area contributed by atoms with E-state index in [1.54, 1.807) is 0 Å². The van der Waals surface area contributed by atoms with Crippen molar-refractivity contribution < 1.29 is 9.31 Å². The quantitative estimate of drug-likeness (QED) is 0.660. The van der Waals surface area contributed by atoms with Gasteiger partial charge in [0.05, 0.1) is 16.8 Å². The molecule has 0 N–H and O–H groups in total. The molecule has 1 fully saturated rings. The monoisotopic (exact) mass is 331 g/mol. The molecular weight excluding hydrogens is 309 g/mol. The van der Waals surface area contributed by atoms with E-state index in [0.29, 0.717) is 0 Å². The van der Waals surface area contributed by atoms with Crippen LogP contribution in [0.4, 0.5) is 0 Å². The number of rotatable bonds is 2. The summed E-state index contributed by atoms with van der Waals surface area (Å²) in [5, 5.41) is 2.25. The van der Waals surface area contributed by atoms with Crippen molar-refractivity contribution in [1.29, 1.82) is 0 Å². The van der Waals surface area contributed by atoms with Crippen molar-refractivity contribution in [2.45, 2.75) is 38.9 Å². The van der Waals surface area contributed by atoms with Crippen LogP contribution in [-0.2, 0) is 9.31 Å². The lowest BCUT2D eigenvalue weighted by molar-refractivity contribution is 0.00578. The molecule has 1 aromatic heterocycles. The molecular formula is C21H22BNO2. The number of aromatic nitrogens is 1. The van der Waals surface area contributed by atoms with Gasteiger partial charge < -0.3 is 9.31 Å². The first-order chi connectivity index (χ1) is 11.9. The van der Waals surface area contributed by atoms with Crippen LogP contribution in [-0.4, -0.2) is 23.3 Å². The van der Waals surface area contributed by atoms with Crippen LogP contribution in [0.25, 0.3) is 21.9 Å². The maximum Gasteiger partial charge on any atom is 0.514 e. The second-order valence-electron chi connectivity index (χ2n) is 7.63. The van der Waals surface area contributed by atoms with Gasteiger partial charge in [-0.1, -0.05) is 42.5 Å². The highest BCUT2D eigenvalue weighted by molar-refractivity contribution is 6.61. The van der Waals surface area contributed by atoms with Gasteiger partial charge in [-0.05, 0) is 56.3 Å². The van der Waals surface area contributed by atoms with Crippen LogP contribution >= 0.6 is 0 Å². The highest BCUT2D eigenvalue weighted by Crippen LogP contribution is 2.36. The lowest BCUT2D eigenvalue weighted by Crippen LogP contribution is -2.41. The zero-order chi connectivity index (χ0) is 17.7. The summed E-state index contributed by atoms with van der Waals surface area (Å²) in [6.07, 6.45) is 1.90. The molecule has 2 heterocycles. The molecule has 0 amide bonds. The van der Waals surface area contributed by atoms with E-state index in [0.717, 1.165) is 16.4 Å². The van der Waals surface area contributed by atoms with Crippen molar-refractivity contribution in [1.82, 2.24) is 4.98 Å². The molecule has 1 aliphatic heterocycles. The lowest BCUT2D eigenvalue weighted by atomic mass is 9.83. The number of pyridine rings is 1. The Bertz CT molecular complexity index is 906. The van der Waals surface area contributed by atoms with Crippen LogP contribution in [0.1, 0.15) is 27.7 Å². The van der Waals surface area contributed by atoms with Gasteiger partial charge in [-0.3, -0.25) is 4.98 Å². The van der Waals surface area contributed by atoms with Gasteiger partial charge in [-0.2, -0.15) is 0 Å². The zero-order valence-electron chi connectivity index (χ0n) is 15.1. The van der Waals surface area contributed by atoms with E-state index in [1.807, 2.05) is 12.3 Å². The minimum Gasteiger partial charge on any atom is -0.398 e. The fraction of sp³-hybridized carbons (Fsp3) is 0.286. The van der Waals surface area contributed by atoms with Crippen LogP contribution in [0, 0.1) is 0 Å². The summed E-state index contributed by atoms with van der Waals surface area (Å²) in [5.74, 6) is 0. The number of benzene rings is 2. The maximum atomic E-state index is 6.11. The van der Waals surface area contributed by atoms with Crippen molar-refractivity contribution >= 4 is 23.5 Å². The molecule has 0 spiro atoms. The number of hydrogen-bond donors (Lipinski definition) is 0. The van der Waals surface area contributed by atoms with Gasteiger partial charge in [-0.25, -0.2) is 0 Å². The average molecular weight is 331 g/mol. The minimum atomic E-state index is -0.428. The molecule has 3 aromatic rings. The molecule has 1 aliphatic rings. The van der Waals surface area contributed by atoms with E-state index in [-0.39, 0.29) is 11.2 Å². The molecule has 0 saturated carbocycles. The van der Waals surface area contributed by atoms with Crippen LogP contribution in [0.15, 0.2) is 60.8 Å². The van der Waals surface area contributed by atoms with E-state index in [9.17, 15) is 0 Å². The maximum absolute atomic E-state index is 6.11.